The molecule has 1 unspecified atom stereocenters. The van der Waals surface area contributed by atoms with E-state index in [2.05, 4.69) is 0 Å². The summed E-state index contributed by atoms with van der Waals surface area (Å²) in [5.41, 5.74) is 2.33. The van der Waals surface area contributed by atoms with E-state index in [1.165, 1.54) is 0 Å². The molecular formula is C16H14O4. The molecule has 1 atom stereocenters. The van der Waals surface area contributed by atoms with Crippen LogP contribution in [0.3, 0.4) is 0 Å². The van der Waals surface area contributed by atoms with Crippen molar-refractivity contribution in [2.24, 2.45) is 0 Å². The number of ether oxygens (including phenoxy) is 3. The highest BCUT2D eigenvalue weighted by molar-refractivity contribution is 5.94. The van der Waals surface area contributed by atoms with Gasteiger partial charge >= 0.3 is 5.97 Å². The molecule has 0 spiro atoms. The van der Waals surface area contributed by atoms with Crippen molar-refractivity contribution in [3.8, 4) is 11.5 Å². The van der Waals surface area contributed by atoms with Crippen LogP contribution < -0.4 is 9.47 Å². The van der Waals surface area contributed by atoms with Crippen LogP contribution in [0.4, 0.5) is 0 Å². The highest BCUT2D eigenvalue weighted by Gasteiger charge is 2.32. The highest BCUT2D eigenvalue weighted by atomic mass is 16.5. The molecule has 0 saturated heterocycles. The van der Waals surface area contributed by atoms with Crippen molar-refractivity contribution >= 4 is 5.97 Å². The first-order chi connectivity index (χ1) is 9.72. The molecule has 2 aromatic carbocycles. The number of benzene rings is 2. The zero-order valence-corrected chi connectivity index (χ0v) is 11.3. The second-order valence-corrected chi connectivity index (χ2v) is 4.51. The quantitative estimate of drug-likeness (QED) is 0.804. The third-order valence-corrected chi connectivity index (χ3v) is 3.40. The van der Waals surface area contributed by atoms with Crippen LogP contribution in [0.15, 0.2) is 42.5 Å². The zero-order valence-electron chi connectivity index (χ0n) is 11.3. The van der Waals surface area contributed by atoms with Gasteiger partial charge in [-0.15, -0.1) is 0 Å². The van der Waals surface area contributed by atoms with Gasteiger partial charge in [0.25, 0.3) is 0 Å². The number of hydrogen-bond donors (Lipinski definition) is 0. The number of carbonyl (C=O) groups excluding carboxylic acids is 1. The van der Waals surface area contributed by atoms with Crippen LogP contribution in [0.25, 0.3) is 0 Å². The van der Waals surface area contributed by atoms with E-state index in [1.54, 1.807) is 26.4 Å². The molecule has 0 radical (unpaired) electrons. The Bertz CT molecular complexity index is 646. The number of carbonyl (C=O) groups is 1. The van der Waals surface area contributed by atoms with Crippen molar-refractivity contribution in [2.45, 2.75) is 6.10 Å². The van der Waals surface area contributed by atoms with Crippen LogP contribution >= 0.6 is 0 Å². The summed E-state index contributed by atoms with van der Waals surface area (Å²) < 4.78 is 15.8. The monoisotopic (exact) mass is 270 g/mol. The molecule has 1 aliphatic rings. The maximum Gasteiger partial charge on any atom is 0.339 e. The van der Waals surface area contributed by atoms with Crippen LogP contribution in [0.5, 0.6) is 11.5 Å². The zero-order chi connectivity index (χ0) is 14.1. The highest BCUT2D eigenvalue weighted by Crippen LogP contribution is 2.38. The first-order valence-electron chi connectivity index (χ1n) is 6.26. The molecule has 0 aliphatic carbocycles. The Kier molecular flexibility index (Phi) is 3.06. The maximum absolute atomic E-state index is 11.9. The number of esters is 1. The van der Waals surface area contributed by atoms with Gasteiger partial charge in [-0.25, -0.2) is 4.79 Å². The van der Waals surface area contributed by atoms with Crippen molar-refractivity contribution in [1.82, 2.24) is 0 Å². The number of cyclic esters (lactones) is 1. The number of rotatable bonds is 3. The Labute approximate surface area is 116 Å². The summed E-state index contributed by atoms with van der Waals surface area (Å²) in [5.74, 6) is 1.17. The Morgan fingerprint density at radius 1 is 0.950 bits per heavy atom. The molecule has 1 aliphatic heterocycles. The molecule has 2 aromatic rings. The van der Waals surface area contributed by atoms with E-state index in [-0.39, 0.29) is 5.97 Å². The molecule has 20 heavy (non-hydrogen) atoms. The second-order valence-electron chi connectivity index (χ2n) is 4.51. The predicted octanol–water partition coefficient (Wildman–Crippen LogP) is 2.96. The Morgan fingerprint density at radius 3 is 2.25 bits per heavy atom. The average Bonchev–Trinajstić information content (AvgIpc) is 2.84. The van der Waals surface area contributed by atoms with Gasteiger partial charge in [0, 0.05) is 5.56 Å². The van der Waals surface area contributed by atoms with Crippen molar-refractivity contribution in [2.75, 3.05) is 14.2 Å². The molecule has 0 N–H and O–H groups in total. The molecule has 4 heteroatoms. The molecule has 0 amide bonds. The molecule has 0 bridgehead atoms. The van der Waals surface area contributed by atoms with Crippen LogP contribution in [0.1, 0.15) is 27.6 Å². The second kappa shape index (κ2) is 4.89. The van der Waals surface area contributed by atoms with E-state index in [0.29, 0.717) is 11.3 Å². The van der Waals surface area contributed by atoms with Gasteiger partial charge in [0.2, 0.25) is 0 Å². The first-order valence-corrected chi connectivity index (χ1v) is 6.26. The fourth-order valence-electron chi connectivity index (χ4n) is 2.33. The molecule has 0 fully saturated rings. The Balaban J connectivity index is 2.02. The molecule has 3 rings (SSSR count). The van der Waals surface area contributed by atoms with Gasteiger partial charge in [0.15, 0.2) is 6.10 Å². The Morgan fingerprint density at radius 2 is 1.60 bits per heavy atom. The minimum atomic E-state index is -0.390. The van der Waals surface area contributed by atoms with E-state index in [4.69, 9.17) is 14.2 Å². The summed E-state index contributed by atoms with van der Waals surface area (Å²) in [6.45, 7) is 0. The summed E-state index contributed by atoms with van der Waals surface area (Å²) in [5, 5.41) is 0. The summed E-state index contributed by atoms with van der Waals surface area (Å²) in [6.07, 6.45) is -0.390. The number of methoxy groups -OCH3 is 2. The molecule has 4 nitrogen and oxygen atoms in total. The largest absolute Gasteiger partial charge is 0.497 e. The van der Waals surface area contributed by atoms with Gasteiger partial charge in [0.05, 0.1) is 19.8 Å². The number of hydrogen-bond acceptors (Lipinski definition) is 4. The van der Waals surface area contributed by atoms with E-state index >= 15 is 0 Å². The summed E-state index contributed by atoms with van der Waals surface area (Å²) in [7, 11) is 3.21. The third-order valence-electron chi connectivity index (χ3n) is 3.40. The van der Waals surface area contributed by atoms with Crippen LogP contribution in [-0.2, 0) is 4.74 Å². The lowest BCUT2D eigenvalue weighted by Crippen LogP contribution is -2.00. The average molecular weight is 270 g/mol. The van der Waals surface area contributed by atoms with E-state index in [9.17, 15) is 4.79 Å². The van der Waals surface area contributed by atoms with Crippen molar-refractivity contribution in [1.29, 1.82) is 0 Å². The van der Waals surface area contributed by atoms with Crippen LogP contribution in [0, 0.1) is 0 Å². The maximum atomic E-state index is 11.9. The topological polar surface area (TPSA) is 44.8 Å². The normalized spacial score (nSPS) is 16.5. The van der Waals surface area contributed by atoms with E-state index < -0.39 is 6.10 Å². The third kappa shape index (κ3) is 1.99. The minimum Gasteiger partial charge on any atom is -0.497 e. The molecule has 0 saturated carbocycles. The summed E-state index contributed by atoms with van der Waals surface area (Å²) in [6, 6.07) is 12.8. The lowest BCUT2D eigenvalue weighted by atomic mass is 9.99. The number of fused-ring (bicyclic) bond motifs is 1. The van der Waals surface area contributed by atoms with Gasteiger partial charge in [-0.3, -0.25) is 0 Å². The van der Waals surface area contributed by atoms with E-state index in [1.807, 2.05) is 30.3 Å². The van der Waals surface area contributed by atoms with Gasteiger partial charge in [0.1, 0.15) is 11.5 Å². The molecule has 1 heterocycles. The SMILES string of the molecule is COc1ccc(C2OC(=O)c3ccc(OC)cc32)cc1. The van der Waals surface area contributed by atoms with Gasteiger partial charge in [-0.2, -0.15) is 0 Å². The lowest BCUT2D eigenvalue weighted by molar-refractivity contribution is 0.0455. The standard InChI is InChI=1S/C16H14O4/c1-18-11-5-3-10(4-6-11)15-14-9-12(19-2)7-8-13(14)16(17)20-15/h3-9,15H,1-2H3. The smallest absolute Gasteiger partial charge is 0.339 e. The minimum absolute atomic E-state index is 0.302. The van der Waals surface area contributed by atoms with Gasteiger partial charge < -0.3 is 14.2 Å². The first kappa shape index (κ1) is 12.5. The van der Waals surface area contributed by atoms with Gasteiger partial charge in [-0.1, -0.05) is 12.1 Å². The van der Waals surface area contributed by atoms with Gasteiger partial charge in [-0.05, 0) is 35.9 Å². The molecular weight excluding hydrogens is 256 g/mol. The van der Waals surface area contributed by atoms with Crippen molar-refractivity contribution in [3.63, 3.8) is 0 Å². The van der Waals surface area contributed by atoms with Crippen molar-refractivity contribution in [3.05, 3.63) is 59.2 Å². The fourth-order valence-corrected chi connectivity index (χ4v) is 2.33. The van der Waals surface area contributed by atoms with Crippen LogP contribution in [-0.4, -0.2) is 20.2 Å². The molecule has 0 aromatic heterocycles. The van der Waals surface area contributed by atoms with E-state index in [0.717, 1.165) is 16.9 Å². The van der Waals surface area contributed by atoms with Crippen LogP contribution in [0.2, 0.25) is 0 Å². The Hall–Kier alpha value is -2.49. The lowest BCUT2D eigenvalue weighted by Gasteiger charge is -2.12. The predicted molar refractivity (Wildman–Crippen MR) is 73.2 cm³/mol. The summed E-state index contributed by atoms with van der Waals surface area (Å²) in [4.78, 5) is 11.9. The van der Waals surface area contributed by atoms with Crippen molar-refractivity contribution < 1.29 is 19.0 Å². The fraction of sp³-hybridized carbons (Fsp3) is 0.188. The summed E-state index contributed by atoms with van der Waals surface area (Å²) >= 11 is 0. The molecule has 102 valence electrons.